The van der Waals surface area contributed by atoms with Crippen molar-refractivity contribution in [2.24, 2.45) is 0 Å². The zero-order chi connectivity index (χ0) is 101. The van der Waals surface area contributed by atoms with Gasteiger partial charge >= 0.3 is 0 Å². The van der Waals surface area contributed by atoms with Gasteiger partial charge in [-0.25, -0.2) is 0 Å². The molecule has 0 saturated heterocycles. The molecule has 0 bridgehead atoms. The van der Waals surface area contributed by atoms with E-state index in [1.54, 1.807) is 0 Å². The molecule has 0 amide bonds. The van der Waals surface area contributed by atoms with Crippen LogP contribution in [0.5, 0.6) is 0 Å². The Hall–Kier alpha value is -18.9. The zero-order valence-electron chi connectivity index (χ0n) is 84.3. The van der Waals surface area contributed by atoms with Crippen molar-refractivity contribution in [2.45, 2.75) is 41.5 Å². The number of para-hydroxylation sites is 7. The van der Waals surface area contributed by atoms with Crippen LogP contribution in [0.1, 0.15) is 33.4 Å². The molecule has 0 aliphatic heterocycles. The maximum Gasteiger partial charge on any atom is 0.0540 e. The van der Waals surface area contributed by atoms with Crippen LogP contribution in [0.25, 0.3) is 75.4 Å². The van der Waals surface area contributed by atoms with E-state index >= 15 is 0 Å². The van der Waals surface area contributed by atoms with Gasteiger partial charge in [-0.05, 0) is 300 Å². The van der Waals surface area contributed by atoms with E-state index in [1.165, 1.54) is 205 Å². The highest BCUT2D eigenvalue weighted by Gasteiger charge is 2.23. The number of rotatable bonds is 18. The largest absolute Gasteiger partial charge is 0.310 e. The SMILES string of the molecule is Cc1ccc(N(c2cccc3ccccc23)c2cccc3ccccc23)cc1.Cc1ccc(N(c2ccccc2)c2ccc3ccccc3c2)cc1.Cc1cccc(N(c2ccccc2)c2ccc3ccccc3c2)c1.Cc1cccc(N(c2ccccc2)c2cccc3ccccc23)c1.Cc1ccccc1N(c1ccccc1)c1ccc2ccccc2c1.Cc1ccccc1N(c1ccccc1)c1cccc2ccccc12. The van der Waals surface area contributed by atoms with Crippen LogP contribution < -0.4 is 29.4 Å². The Balaban J connectivity index is 0.000000108. The summed E-state index contributed by atoms with van der Waals surface area (Å²) in [6, 6.07) is 210. The standard InChI is InChI=1S/C27H21N.5C23H19N/c1-20-16-18-23(19-17-20)28(26-14-6-10-21-8-2-4-12-24(21)26)27-15-7-11-22-9-3-5-13-25(22)27;1-18-10-5-8-16-22(18)24(20-13-3-2-4-14-20)23-17-9-12-19-11-6-7-15-21(19)23;1-18-9-5-8-14-23(18)24(21-12-3-2-4-13-21)22-16-15-19-10-6-7-11-20(19)17-22;1-18-9-7-14-21(17-18)24(20-12-3-2-4-13-20)23-16-8-11-19-10-5-6-15-22(19)23;1-18-8-7-13-22(16-18)24(21-11-3-2-4-12-21)23-15-14-19-9-5-6-10-20(19)17-23;1-18-11-14-22(15-12-18)24(21-9-3-2-4-10-21)23-16-13-19-7-5-6-8-20(19)17-23/h2-19H,1H3;5*2-17H,1H3. The smallest absolute Gasteiger partial charge is 0.0540 e. The van der Waals surface area contributed by atoms with Crippen molar-refractivity contribution in [3.63, 3.8) is 0 Å². The zero-order valence-corrected chi connectivity index (χ0v) is 84.3. The lowest BCUT2D eigenvalue weighted by atomic mass is 10.0. The average Bonchev–Trinajstić information content (AvgIpc) is 0.769. The van der Waals surface area contributed by atoms with E-state index in [1.807, 2.05) is 0 Å². The van der Waals surface area contributed by atoms with Gasteiger partial charge in [-0.15, -0.1) is 0 Å². The Morgan fingerprint density at radius 3 is 0.622 bits per heavy atom. The highest BCUT2D eigenvalue weighted by atomic mass is 15.2. The maximum atomic E-state index is 2.38. The third-order valence-electron chi connectivity index (χ3n) is 26.9. The van der Waals surface area contributed by atoms with E-state index in [4.69, 9.17) is 0 Å². The number of hydrogen-bond acceptors (Lipinski definition) is 6. The first kappa shape index (κ1) is 96.6. The van der Waals surface area contributed by atoms with Gasteiger partial charge in [0.1, 0.15) is 0 Å². The number of fused-ring (bicyclic) bond motifs is 7. The van der Waals surface area contributed by atoms with Crippen molar-refractivity contribution in [1.82, 2.24) is 0 Å². The molecule has 714 valence electrons. The quantitative estimate of drug-likeness (QED) is 0.0847. The summed E-state index contributed by atoms with van der Waals surface area (Å²) in [5, 5.41) is 17.6. The van der Waals surface area contributed by atoms with Gasteiger partial charge in [0.15, 0.2) is 0 Å². The van der Waals surface area contributed by atoms with Crippen molar-refractivity contribution in [1.29, 1.82) is 0 Å². The summed E-state index contributed by atoms with van der Waals surface area (Å²) in [5.74, 6) is 0. The first-order valence-electron chi connectivity index (χ1n) is 50.8. The summed E-state index contributed by atoms with van der Waals surface area (Å²) in [6.07, 6.45) is 0. The topological polar surface area (TPSA) is 19.4 Å². The Labute approximate surface area is 870 Å². The second-order valence-corrected chi connectivity index (χ2v) is 37.2. The summed E-state index contributed by atoms with van der Waals surface area (Å²) in [7, 11) is 0. The molecule has 0 radical (unpaired) electrons. The Morgan fingerprint density at radius 1 is 0.101 bits per heavy atom. The molecule has 0 fully saturated rings. The first-order valence-corrected chi connectivity index (χ1v) is 50.8. The molecule has 0 saturated carbocycles. The van der Waals surface area contributed by atoms with Crippen LogP contribution in [0, 0.1) is 41.5 Å². The minimum Gasteiger partial charge on any atom is -0.310 e. The molecule has 0 aliphatic carbocycles. The summed E-state index contributed by atoms with van der Waals surface area (Å²) in [5.41, 5.74) is 28.8. The molecule has 0 aromatic heterocycles. The molecule has 6 heteroatoms. The van der Waals surface area contributed by atoms with E-state index in [9.17, 15) is 0 Å². The van der Waals surface area contributed by atoms with Gasteiger partial charge in [0.2, 0.25) is 0 Å². The molecule has 25 rings (SSSR count). The molecule has 25 aromatic carbocycles. The van der Waals surface area contributed by atoms with Gasteiger partial charge in [0.25, 0.3) is 0 Å². The number of hydrogen-bond donors (Lipinski definition) is 0. The summed E-state index contributed by atoms with van der Waals surface area (Å²) in [4.78, 5) is 14.0. The van der Waals surface area contributed by atoms with Crippen molar-refractivity contribution in [2.75, 3.05) is 29.4 Å². The highest BCUT2D eigenvalue weighted by Crippen LogP contribution is 2.47. The van der Waals surface area contributed by atoms with Crippen LogP contribution in [-0.4, -0.2) is 0 Å². The van der Waals surface area contributed by atoms with Gasteiger partial charge in [0, 0.05) is 101 Å². The lowest BCUT2D eigenvalue weighted by Crippen LogP contribution is -2.11. The molecule has 0 atom stereocenters. The Kier molecular flexibility index (Phi) is 30.3. The van der Waals surface area contributed by atoms with Crippen molar-refractivity contribution in [3.8, 4) is 0 Å². The third kappa shape index (κ3) is 22.6. The molecular formula is C142H116N6. The van der Waals surface area contributed by atoms with E-state index in [-0.39, 0.29) is 0 Å². The molecule has 0 N–H and O–H groups in total. The van der Waals surface area contributed by atoms with Crippen molar-refractivity contribution < 1.29 is 0 Å². The average molecular weight is 1910 g/mol. The minimum absolute atomic E-state index is 1.16. The molecule has 0 heterocycles. The normalized spacial score (nSPS) is 10.8. The van der Waals surface area contributed by atoms with E-state index < -0.39 is 0 Å². The van der Waals surface area contributed by atoms with Gasteiger partial charge in [0.05, 0.1) is 22.7 Å². The third-order valence-corrected chi connectivity index (χ3v) is 26.9. The second kappa shape index (κ2) is 46.5. The number of benzene rings is 25. The fraction of sp³-hybridized carbons (Fsp3) is 0.0423. The number of aryl methyl sites for hydroxylation is 6. The monoisotopic (exact) mass is 1900 g/mol. The fourth-order valence-electron chi connectivity index (χ4n) is 19.6. The minimum atomic E-state index is 1.16. The first-order chi connectivity index (χ1) is 72.9. The predicted octanol–water partition coefficient (Wildman–Crippen LogP) is 40.9. The molecule has 6 nitrogen and oxygen atoms in total. The summed E-state index contributed by atoms with van der Waals surface area (Å²) < 4.78 is 0. The van der Waals surface area contributed by atoms with Crippen LogP contribution in [0.3, 0.4) is 0 Å². The number of nitrogens with zero attached hydrogens (tertiary/aromatic N) is 6. The maximum absolute atomic E-state index is 2.38. The lowest BCUT2D eigenvalue weighted by molar-refractivity contribution is 1.25. The van der Waals surface area contributed by atoms with Gasteiger partial charge in [-0.1, -0.05) is 424 Å². The van der Waals surface area contributed by atoms with E-state index in [2.05, 4.69) is 665 Å². The van der Waals surface area contributed by atoms with Crippen LogP contribution in [0.2, 0.25) is 0 Å². The summed E-state index contributed by atoms with van der Waals surface area (Å²) >= 11 is 0. The second-order valence-electron chi connectivity index (χ2n) is 37.2. The Morgan fingerprint density at radius 2 is 0.291 bits per heavy atom. The number of anilines is 18. The predicted molar refractivity (Wildman–Crippen MR) is 638 cm³/mol. The van der Waals surface area contributed by atoms with Gasteiger partial charge in [-0.2, -0.15) is 0 Å². The van der Waals surface area contributed by atoms with Crippen LogP contribution >= 0.6 is 0 Å². The van der Waals surface area contributed by atoms with E-state index in [0.29, 0.717) is 0 Å². The molecular weight excluding hydrogens is 1790 g/mol. The Bertz CT molecular complexity index is 8650. The van der Waals surface area contributed by atoms with Gasteiger partial charge < -0.3 is 29.4 Å². The lowest BCUT2D eigenvalue weighted by Gasteiger charge is -2.28. The van der Waals surface area contributed by atoms with Crippen LogP contribution in [-0.2, 0) is 0 Å². The van der Waals surface area contributed by atoms with E-state index in [0.717, 1.165) is 5.69 Å². The summed E-state index contributed by atoms with van der Waals surface area (Å²) in [6.45, 7) is 12.8. The fourth-order valence-corrected chi connectivity index (χ4v) is 19.6. The molecule has 0 spiro atoms. The molecule has 148 heavy (non-hydrogen) atoms. The van der Waals surface area contributed by atoms with Gasteiger partial charge in [-0.3, -0.25) is 0 Å². The van der Waals surface area contributed by atoms with Crippen LogP contribution in [0.4, 0.5) is 102 Å². The highest BCUT2D eigenvalue weighted by molar-refractivity contribution is 6.06. The molecule has 0 aliphatic rings. The van der Waals surface area contributed by atoms with Crippen molar-refractivity contribution >= 4 is 178 Å². The van der Waals surface area contributed by atoms with Crippen molar-refractivity contribution in [3.05, 3.63) is 628 Å². The molecule has 0 unspecified atom stereocenters. The molecule has 25 aromatic rings. The van der Waals surface area contributed by atoms with Crippen LogP contribution in [0.15, 0.2) is 595 Å².